The van der Waals surface area contributed by atoms with Gasteiger partial charge in [-0.05, 0) is 5.92 Å². The van der Waals surface area contributed by atoms with Crippen LogP contribution in [0.4, 0.5) is 0 Å². The van der Waals surface area contributed by atoms with Crippen molar-refractivity contribution in [1.29, 1.82) is 0 Å². The lowest BCUT2D eigenvalue weighted by Gasteiger charge is -2.18. The van der Waals surface area contributed by atoms with Gasteiger partial charge in [-0.1, -0.05) is 13.3 Å². The number of rotatable bonds is 1. The van der Waals surface area contributed by atoms with Crippen LogP contribution in [0.3, 0.4) is 0 Å². The van der Waals surface area contributed by atoms with Crippen molar-refractivity contribution in [3.8, 4) is 0 Å². The van der Waals surface area contributed by atoms with Gasteiger partial charge >= 0.3 is 0 Å². The van der Waals surface area contributed by atoms with Crippen molar-refractivity contribution in [3.05, 3.63) is 0 Å². The Labute approximate surface area is 55.2 Å². The number of ether oxygens (including phenoxy) is 1. The Morgan fingerprint density at radius 1 is 1.78 bits per heavy atom. The summed E-state index contributed by atoms with van der Waals surface area (Å²) in [6, 6.07) is 0. The average Bonchev–Trinajstić information content (AvgIpc) is 1.88. The molecular formula is C7H12O2. The van der Waals surface area contributed by atoms with E-state index in [0.717, 1.165) is 19.4 Å². The van der Waals surface area contributed by atoms with Crippen molar-refractivity contribution < 1.29 is 9.53 Å². The van der Waals surface area contributed by atoms with Crippen LogP contribution in [0.5, 0.6) is 0 Å². The van der Waals surface area contributed by atoms with Gasteiger partial charge < -0.3 is 4.74 Å². The molecule has 1 aliphatic heterocycles. The Kier molecular flexibility index (Phi) is 2.22. The number of hydrogen-bond acceptors (Lipinski definition) is 2. The standard InChI is InChI=1S/C7H12O2/c1-2-6-3-7(8)5-9-4-6/h6H,2-5H2,1H3. The van der Waals surface area contributed by atoms with Gasteiger partial charge in [0.15, 0.2) is 5.78 Å². The molecule has 9 heavy (non-hydrogen) atoms. The van der Waals surface area contributed by atoms with Crippen molar-refractivity contribution in [2.75, 3.05) is 13.2 Å². The molecule has 0 N–H and O–H groups in total. The summed E-state index contributed by atoms with van der Waals surface area (Å²) in [6.07, 6.45) is 1.79. The summed E-state index contributed by atoms with van der Waals surface area (Å²) in [5.41, 5.74) is 0. The highest BCUT2D eigenvalue weighted by Gasteiger charge is 2.17. The molecular weight excluding hydrogens is 116 g/mol. The summed E-state index contributed by atoms with van der Waals surface area (Å²) in [7, 11) is 0. The molecule has 1 unspecified atom stereocenters. The fourth-order valence-corrected chi connectivity index (χ4v) is 1.04. The first-order valence-electron chi connectivity index (χ1n) is 3.42. The Bertz CT molecular complexity index is 109. The number of Topliss-reactive ketones (excluding diaryl/α,β-unsaturated/α-hetero) is 1. The lowest BCUT2D eigenvalue weighted by atomic mass is 9.99. The van der Waals surface area contributed by atoms with E-state index in [0.29, 0.717) is 12.5 Å². The Morgan fingerprint density at radius 3 is 3.00 bits per heavy atom. The maximum absolute atomic E-state index is 10.7. The molecule has 2 heteroatoms. The number of carbonyl (C=O) groups is 1. The van der Waals surface area contributed by atoms with E-state index in [-0.39, 0.29) is 5.78 Å². The second kappa shape index (κ2) is 2.97. The minimum absolute atomic E-state index is 0.258. The average molecular weight is 128 g/mol. The largest absolute Gasteiger partial charge is 0.373 e. The summed E-state index contributed by atoms with van der Waals surface area (Å²) in [6.45, 7) is 3.21. The molecule has 1 atom stereocenters. The van der Waals surface area contributed by atoms with Crippen LogP contribution in [0.1, 0.15) is 19.8 Å². The first kappa shape index (κ1) is 6.75. The summed E-state index contributed by atoms with van der Waals surface area (Å²) >= 11 is 0. The van der Waals surface area contributed by atoms with Crippen LogP contribution in [-0.2, 0) is 9.53 Å². The Balaban J connectivity index is 2.32. The molecule has 0 saturated carbocycles. The van der Waals surface area contributed by atoms with Gasteiger partial charge in [0.1, 0.15) is 6.61 Å². The minimum Gasteiger partial charge on any atom is -0.373 e. The molecule has 1 saturated heterocycles. The second-order valence-corrected chi connectivity index (χ2v) is 2.53. The number of carbonyl (C=O) groups excluding carboxylic acids is 1. The first-order chi connectivity index (χ1) is 4.33. The summed E-state index contributed by atoms with van der Waals surface area (Å²) in [5.74, 6) is 0.749. The van der Waals surface area contributed by atoms with Crippen LogP contribution in [0.2, 0.25) is 0 Å². The number of ketones is 1. The first-order valence-corrected chi connectivity index (χ1v) is 3.42. The summed E-state index contributed by atoms with van der Waals surface area (Å²) in [5, 5.41) is 0. The molecule has 0 radical (unpaired) electrons. The highest BCUT2D eigenvalue weighted by molar-refractivity contribution is 5.80. The van der Waals surface area contributed by atoms with Crippen LogP contribution in [0.25, 0.3) is 0 Å². The lowest BCUT2D eigenvalue weighted by molar-refractivity contribution is -0.129. The second-order valence-electron chi connectivity index (χ2n) is 2.53. The van der Waals surface area contributed by atoms with E-state index in [2.05, 4.69) is 6.92 Å². The van der Waals surface area contributed by atoms with Gasteiger partial charge in [-0.15, -0.1) is 0 Å². The van der Waals surface area contributed by atoms with Gasteiger partial charge in [0.25, 0.3) is 0 Å². The zero-order valence-corrected chi connectivity index (χ0v) is 5.72. The van der Waals surface area contributed by atoms with E-state index in [4.69, 9.17) is 4.74 Å². The van der Waals surface area contributed by atoms with Crippen LogP contribution >= 0.6 is 0 Å². The van der Waals surface area contributed by atoms with Gasteiger partial charge in [-0.25, -0.2) is 0 Å². The molecule has 52 valence electrons. The number of hydrogen-bond donors (Lipinski definition) is 0. The zero-order chi connectivity index (χ0) is 6.69. The molecule has 0 aromatic carbocycles. The highest BCUT2D eigenvalue weighted by atomic mass is 16.5. The molecule has 0 amide bonds. The molecule has 0 aromatic rings. The van der Waals surface area contributed by atoms with Gasteiger partial charge in [-0.3, -0.25) is 4.79 Å². The third kappa shape index (κ3) is 1.79. The Morgan fingerprint density at radius 2 is 2.56 bits per heavy atom. The Hall–Kier alpha value is -0.370. The van der Waals surface area contributed by atoms with Crippen molar-refractivity contribution in [2.45, 2.75) is 19.8 Å². The minimum atomic E-state index is 0.258. The van der Waals surface area contributed by atoms with Gasteiger partial charge in [-0.2, -0.15) is 0 Å². The molecule has 0 bridgehead atoms. The predicted molar refractivity (Wildman–Crippen MR) is 34.2 cm³/mol. The fraction of sp³-hybridized carbons (Fsp3) is 0.857. The van der Waals surface area contributed by atoms with Crippen LogP contribution in [-0.4, -0.2) is 19.0 Å². The molecule has 1 aliphatic rings. The van der Waals surface area contributed by atoms with Crippen LogP contribution in [0, 0.1) is 5.92 Å². The van der Waals surface area contributed by atoms with E-state index in [1.165, 1.54) is 0 Å². The van der Waals surface area contributed by atoms with E-state index < -0.39 is 0 Å². The van der Waals surface area contributed by atoms with Crippen molar-refractivity contribution in [1.82, 2.24) is 0 Å². The van der Waals surface area contributed by atoms with E-state index in [9.17, 15) is 4.79 Å². The monoisotopic (exact) mass is 128 g/mol. The topological polar surface area (TPSA) is 26.3 Å². The normalized spacial score (nSPS) is 28.6. The van der Waals surface area contributed by atoms with E-state index in [1.807, 2.05) is 0 Å². The van der Waals surface area contributed by atoms with E-state index >= 15 is 0 Å². The highest BCUT2D eigenvalue weighted by Crippen LogP contribution is 2.13. The van der Waals surface area contributed by atoms with Crippen LogP contribution in [0.15, 0.2) is 0 Å². The van der Waals surface area contributed by atoms with E-state index in [1.54, 1.807) is 0 Å². The summed E-state index contributed by atoms with van der Waals surface area (Å²) < 4.78 is 5.04. The third-order valence-corrected chi connectivity index (χ3v) is 1.71. The quantitative estimate of drug-likeness (QED) is 0.526. The zero-order valence-electron chi connectivity index (χ0n) is 5.72. The van der Waals surface area contributed by atoms with Crippen molar-refractivity contribution in [3.63, 3.8) is 0 Å². The predicted octanol–water partition coefficient (Wildman–Crippen LogP) is 1.00. The summed E-state index contributed by atoms with van der Waals surface area (Å²) in [4.78, 5) is 10.7. The molecule has 0 spiro atoms. The fourth-order valence-electron chi connectivity index (χ4n) is 1.04. The van der Waals surface area contributed by atoms with Crippen molar-refractivity contribution in [2.24, 2.45) is 5.92 Å². The third-order valence-electron chi connectivity index (χ3n) is 1.71. The molecule has 1 rings (SSSR count). The van der Waals surface area contributed by atoms with Crippen LogP contribution < -0.4 is 0 Å². The molecule has 1 fully saturated rings. The van der Waals surface area contributed by atoms with Gasteiger partial charge in [0.05, 0.1) is 6.61 Å². The lowest BCUT2D eigenvalue weighted by Crippen LogP contribution is -2.24. The SMILES string of the molecule is CCC1COCC(=O)C1. The maximum atomic E-state index is 10.7. The maximum Gasteiger partial charge on any atom is 0.158 e. The molecule has 0 aliphatic carbocycles. The van der Waals surface area contributed by atoms with Crippen molar-refractivity contribution >= 4 is 5.78 Å². The molecule has 0 aromatic heterocycles. The smallest absolute Gasteiger partial charge is 0.158 e. The van der Waals surface area contributed by atoms with Gasteiger partial charge in [0.2, 0.25) is 0 Å². The van der Waals surface area contributed by atoms with Gasteiger partial charge in [0, 0.05) is 6.42 Å². The molecule has 2 nitrogen and oxygen atoms in total. The molecule has 1 heterocycles.